The van der Waals surface area contributed by atoms with Crippen molar-refractivity contribution in [3.8, 4) is 0 Å². The molecule has 0 aromatic carbocycles. The van der Waals surface area contributed by atoms with E-state index in [1.165, 1.54) is 0 Å². The molecule has 0 heterocycles. The number of hydrogen-bond donors (Lipinski definition) is 2. The average molecular weight is 845 g/mol. The van der Waals surface area contributed by atoms with Crippen LogP contribution >= 0.6 is 7.82 Å². The summed E-state index contributed by atoms with van der Waals surface area (Å²) in [5.74, 6) is -0.987. The maximum Gasteiger partial charge on any atom is 0.472 e. The van der Waals surface area contributed by atoms with Crippen molar-refractivity contribution in [1.29, 1.82) is 0 Å². The van der Waals surface area contributed by atoms with Crippen molar-refractivity contribution in [3.63, 3.8) is 0 Å². The molecule has 0 radical (unpaired) electrons. The van der Waals surface area contributed by atoms with Crippen LogP contribution in [0.2, 0.25) is 0 Å². The highest BCUT2D eigenvalue weighted by atomic mass is 31.2. The van der Waals surface area contributed by atoms with Gasteiger partial charge in [-0.05, 0) is 70.6 Å². The predicted molar refractivity (Wildman–Crippen MR) is 244 cm³/mol. The lowest BCUT2D eigenvalue weighted by Crippen LogP contribution is -2.37. The number of esters is 2. The van der Waals surface area contributed by atoms with Gasteiger partial charge in [0, 0.05) is 12.8 Å². The van der Waals surface area contributed by atoms with Gasteiger partial charge in [0.2, 0.25) is 0 Å². The van der Waals surface area contributed by atoms with Crippen LogP contribution in [0.5, 0.6) is 0 Å². The van der Waals surface area contributed by atoms with Crippen LogP contribution in [0.25, 0.3) is 0 Å². The third-order valence-electron chi connectivity index (χ3n) is 8.42. The maximum atomic E-state index is 12.7. The summed E-state index contributed by atoms with van der Waals surface area (Å²) in [4.78, 5) is 35.3. The molecule has 10 nitrogen and oxygen atoms in total. The van der Waals surface area contributed by atoms with Crippen molar-refractivity contribution in [3.05, 3.63) is 109 Å². The van der Waals surface area contributed by atoms with E-state index in [2.05, 4.69) is 86.8 Å². The van der Waals surface area contributed by atoms with Gasteiger partial charge in [-0.15, -0.1) is 0 Å². The van der Waals surface area contributed by atoms with E-state index in [-0.39, 0.29) is 26.1 Å². The summed E-state index contributed by atoms with van der Waals surface area (Å²) in [5.41, 5.74) is 0. The number of likely N-dealkylation sites (N-methyl/N-ethyl adjacent to an activating group) is 1. The van der Waals surface area contributed by atoms with E-state index < -0.39 is 38.6 Å². The normalized spacial score (nSPS) is 15.2. The molecule has 3 atom stereocenters. The number of phosphoric ester groups is 1. The molecule has 0 aliphatic carbocycles. The van der Waals surface area contributed by atoms with E-state index in [0.717, 1.165) is 77.0 Å². The Morgan fingerprint density at radius 1 is 0.610 bits per heavy atom. The maximum absolute atomic E-state index is 12.7. The fourth-order valence-corrected chi connectivity index (χ4v) is 5.79. The molecule has 0 aliphatic heterocycles. The minimum atomic E-state index is -4.43. The summed E-state index contributed by atoms with van der Waals surface area (Å²) in [5, 5.41) is 10.2. The first-order valence-electron chi connectivity index (χ1n) is 21.7. The van der Waals surface area contributed by atoms with Crippen LogP contribution in [0.4, 0.5) is 0 Å². The molecule has 0 aromatic rings. The predicted octanol–water partition coefficient (Wildman–Crippen LogP) is 11.3. The average Bonchev–Trinajstić information content (AvgIpc) is 3.18. The second kappa shape index (κ2) is 38.8. The van der Waals surface area contributed by atoms with Crippen LogP contribution in [-0.4, -0.2) is 86.1 Å². The largest absolute Gasteiger partial charge is 0.472 e. The van der Waals surface area contributed by atoms with Gasteiger partial charge in [0.15, 0.2) is 6.10 Å². The molecule has 0 saturated carbocycles. The van der Waals surface area contributed by atoms with Gasteiger partial charge >= 0.3 is 19.8 Å². The number of aliphatic hydroxyl groups excluding tert-OH is 1. The molecule has 0 saturated heterocycles. The molecule has 2 unspecified atom stereocenters. The number of quaternary nitrogens is 1. The first-order chi connectivity index (χ1) is 28.4. The van der Waals surface area contributed by atoms with Crippen molar-refractivity contribution in [1.82, 2.24) is 0 Å². The van der Waals surface area contributed by atoms with Crippen molar-refractivity contribution in [2.45, 2.75) is 135 Å². The lowest BCUT2D eigenvalue weighted by molar-refractivity contribution is -0.870. The molecule has 0 fully saturated rings. The Bertz CT molecular complexity index is 1380. The molecule has 59 heavy (non-hydrogen) atoms. The third kappa shape index (κ3) is 42.6. The highest BCUT2D eigenvalue weighted by Gasteiger charge is 2.27. The van der Waals surface area contributed by atoms with Gasteiger partial charge in [-0.1, -0.05) is 149 Å². The van der Waals surface area contributed by atoms with Gasteiger partial charge < -0.3 is 24.0 Å². The van der Waals surface area contributed by atoms with Crippen molar-refractivity contribution in [2.24, 2.45) is 0 Å². The number of phosphoric acid groups is 1. The number of carbonyl (C=O) groups excluding carboxylic acids is 2. The SMILES string of the molecule is CC/C=C\C/C=C\C/C=C\C/C=C\C/C=C\C/C=C\CCC(=O)OC[C@H](COP(=O)(O)OCC[N+](C)(C)C)OC(=O)CCCCCCCC(O)/C=C/C=C/C/C=C/CC. The molecule has 0 spiro atoms. The van der Waals surface area contributed by atoms with Crippen LogP contribution in [0, 0.1) is 0 Å². The van der Waals surface area contributed by atoms with Crippen molar-refractivity contribution >= 4 is 19.8 Å². The standard InChI is InChI=1S/C48H78NO9P/c1-6-8-10-12-14-15-16-17-18-19-20-21-22-23-24-25-27-31-35-39-47(51)55-43-46(44-57-59(53,54)56-42-41-49(3,4)5)58-48(52)40-36-32-28-30-34-38-45(50)37-33-29-26-13-11-9-7-2/h8-11,14-15,17-18,20-21,23-24,26-27,29,31,33,37,45-46,50H,6-7,12-13,16,19,22,25,28,30,32,34-36,38-44H2,1-5H3/p+1/b10-8-,11-9+,15-14-,18-17-,21-20-,24-23-,29-26+,31-27-,37-33+/t45?,46-/m1/s1. The number of carbonyl (C=O) groups is 2. The van der Waals surface area contributed by atoms with Crippen LogP contribution in [0.15, 0.2) is 109 Å². The smallest absolute Gasteiger partial charge is 0.462 e. The van der Waals surface area contributed by atoms with Gasteiger partial charge in [0.1, 0.15) is 19.8 Å². The van der Waals surface area contributed by atoms with Crippen LogP contribution in [-0.2, 0) is 32.7 Å². The quantitative estimate of drug-likeness (QED) is 0.0157. The van der Waals surface area contributed by atoms with Gasteiger partial charge in [0.05, 0.1) is 33.9 Å². The summed E-state index contributed by atoms with van der Waals surface area (Å²) in [6.07, 6.45) is 48.9. The van der Waals surface area contributed by atoms with Crippen LogP contribution < -0.4 is 0 Å². The van der Waals surface area contributed by atoms with Crippen LogP contribution in [0.1, 0.15) is 123 Å². The summed E-state index contributed by atoms with van der Waals surface area (Å²) in [7, 11) is 1.35. The Labute approximate surface area is 358 Å². The first kappa shape index (κ1) is 55.6. The number of nitrogens with zero attached hydrogens (tertiary/aromatic N) is 1. The van der Waals surface area contributed by atoms with Gasteiger partial charge in [-0.25, -0.2) is 4.57 Å². The molecular formula is C48H79NO9P+. The zero-order chi connectivity index (χ0) is 43.7. The minimum absolute atomic E-state index is 0.00444. The van der Waals surface area contributed by atoms with Crippen LogP contribution in [0.3, 0.4) is 0 Å². The van der Waals surface area contributed by atoms with Gasteiger partial charge in [-0.3, -0.25) is 18.6 Å². The molecule has 334 valence electrons. The minimum Gasteiger partial charge on any atom is -0.462 e. The number of hydrogen-bond acceptors (Lipinski definition) is 8. The van der Waals surface area contributed by atoms with E-state index >= 15 is 0 Å². The Morgan fingerprint density at radius 3 is 1.68 bits per heavy atom. The van der Waals surface area contributed by atoms with Crippen molar-refractivity contribution in [2.75, 3.05) is 47.5 Å². The molecule has 2 N–H and O–H groups in total. The lowest BCUT2D eigenvalue weighted by Gasteiger charge is -2.24. The number of allylic oxidation sites excluding steroid dienone is 17. The second-order valence-electron chi connectivity index (χ2n) is 15.2. The summed E-state index contributed by atoms with van der Waals surface area (Å²) >= 11 is 0. The molecule has 0 amide bonds. The van der Waals surface area contributed by atoms with Crippen molar-refractivity contribution < 1.29 is 47.2 Å². The molecule has 0 aromatic heterocycles. The Kier molecular flexibility index (Phi) is 36.6. The Hall–Kier alpha value is -3.37. The molecule has 0 bridgehead atoms. The number of unbranched alkanes of at least 4 members (excludes halogenated alkanes) is 4. The molecule has 0 rings (SSSR count). The fourth-order valence-electron chi connectivity index (χ4n) is 5.04. The van der Waals surface area contributed by atoms with E-state index in [4.69, 9.17) is 18.5 Å². The zero-order valence-corrected chi connectivity index (χ0v) is 37.9. The fraction of sp³-hybridized carbons (Fsp3) is 0.583. The highest BCUT2D eigenvalue weighted by Crippen LogP contribution is 2.43. The monoisotopic (exact) mass is 845 g/mol. The summed E-state index contributed by atoms with van der Waals surface area (Å²) < 4.78 is 34.1. The van der Waals surface area contributed by atoms with E-state index in [1.54, 1.807) is 6.08 Å². The summed E-state index contributed by atoms with van der Waals surface area (Å²) in [6.45, 7) is 3.94. The van der Waals surface area contributed by atoms with E-state index in [1.807, 2.05) is 51.5 Å². The Balaban J connectivity index is 4.60. The topological polar surface area (TPSA) is 129 Å². The highest BCUT2D eigenvalue weighted by molar-refractivity contribution is 7.47. The Morgan fingerprint density at radius 2 is 1.12 bits per heavy atom. The number of rotatable bonds is 37. The van der Waals surface area contributed by atoms with Gasteiger partial charge in [0.25, 0.3) is 0 Å². The molecular weight excluding hydrogens is 765 g/mol. The second-order valence-corrected chi connectivity index (χ2v) is 16.6. The third-order valence-corrected chi connectivity index (χ3v) is 9.40. The number of aliphatic hydroxyl groups is 1. The number of ether oxygens (including phenoxy) is 2. The molecule has 0 aliphatic rings. The van der Waals surface area contributed by atoms with E-state index in [9.17, 15) is 24.2 Å². The van der Waals surface area contributed by atoms with Gasteiger partial charge in [-0.2, -0.15) is 0 Å². The zero-order valence-electron chi connectivity index (χ0n) is 37.0. The summed E-state index contributed by atoms with van der Waals surface area (Å²) in [6, 6.07) is 0. The van der Waals surface area contributed by atoms with E-state index in [0.29, 0.717) is 30.3 Å². The molecule has 11 heteroatoms. The lowest BCUT2D eigenvalue weighted by atomic mass is 10.1. The first-order valence-corrected chi connectivity index (χ1v) is 23.2.